The van der Waals surface area contributed by atoms with Crippen LogP contribution in [0.3, 0.4) is 0 Å². The van der Waals surface area contributed by atoms with Gasteiger partial charge in [-0.3, -0.25) is 9.59 Å². The average Bonchev–Trinajstić information content (AvgIpc) is 3.07. The van der Waals surface area contributed by atoms with Crippen LogP contribution >= 0.6 is 0 Å². The van der Waals surface area contributed by atoms with E-state index in [0.29, 0.717) is 6.42 Å². The Hall–Kier alpha value is -2.62. The van der Waals surface area contributed by atoms with E-state index in [2.05, 4.69) is 86.8 Å². The zero-order valence-corrected chi connectivity index (χ0v) is 31.3. The van der Waals surface area contributed by atoms with Gasteiger partial charge in [-0.15, -0.1) is 0 Å². The van der Waals surface area contributed by atoms with Crippen LogP contribution in [-0.4, -0.2) is 23.1 Å². The number of ether oxygens (including phenoxy) is 1. The summed E-state index contributed by atoms with van der Waals surface area (Å²) in [5, 5.41) is 8.82. The molecule has 0 heterocycles. The standard InChI is InChI=1S/C44H74O4/c1-3-5-7-9-11-13-15-17-19-21-23-25-27-30-34-38-42(39-35-31-29-32-36-40-43(45)46)48-44(47)41-37-33-28-26-24-22-20-18-16-14-12-10-8-6-4-2/h5,7,11-14,17-20,23,25,42H,3-4,6,8-10,15-16,21-22,24,26-41H2,1-2H3,(H,45,46)/b7-5-,13-11-,14-12-,19-17-,20-18-,25-23-. The van der Waals surface area contributed by atoms with Crippen molar-refractivity contribution in [3.63, 3.8) is 0 Å². The lowest BCUT2D eigenvalue weighted by Gasteiger charge is -2.18. The van der Waals surface area contributed by atoms with Crippen LogP contribution in [0.15, 0.2) is 72.9 Å². The van der Waals surface area contributed by atoms with Crippen molar-refractivity contribution >= 4 is 11.9 Å². The molecular formula is C44H74O4. The molecule has 0 saturated carbocycles. The number of rotatable bonds is 35. The smallest absolute Gasteiger partial charge is 0.306 e. The van der Waals surface area contributed by atoms with E-state index < -0.39 is 5.97 Å². The van der Waals surface area contributed by atoms with Gasteiger partial charge in [-0.2, -0.15) is 0 Å². The zero-order chi connectivity index (χ0) is 35.0. The van der Waals surface area contributed by atoms with E-state index in [1.165, 1.54) is 44.9 Å². The fourth-order valence-corrected chi connectivity index (χ4v) is 5.50. The lowest BCUT2D eigenvalue weighted by atomic mass is 10.0. The SMILES string of the molecule is CC/C=C\C/C=C\C/C=C\C/C=C\CCCCC(CCCCCCCC(=O)O)OC(=O)CCCCCCC/C=C\C/C=C\CCCCC. The van der Waals surface area contributed by atoms with Crippen LogP contribution in [0.2, 0.25) is 0 Å². The molecule has 1 unspecified atom stereocenters. The first kappa shape index (κ1) is 45.4. The van der Waals surface area contributed by atoms with Crippen LogP contribution in [0.4, 0.5) is 0 Å². The van der Waals surface area contributed by atoms with Gasteiger partial charge < -0.3 is 9.84 Å². The summed E-state index contributed by atoms with van der Waals surface area (Å²) < 4.78 is 5.98. The molecule has 0 radical (unpaired) electrons. The second-order valence-corrected chi connectivity index (χ2v) is 13.1. The van der Waals surface area contributed by atoms with Crippen molar-refractivity contribution in [3.05, 3.63) is 72.9 Å². The number of allylic oxidation sites excluding steroid dienone is 12. The average molecular weight is 667 g/mol. The maximum absolute atomic E-state index is 12.7. The number of carbonyl (C=O) groups excluding carboxylic acids is 1. The summed E-state index contributed by atoms with van der Waals surface area (Å²) in [5.74, 6) is -0.748. The van der Waals surface area contributed by atoms with Gasteiger partial charge in [0.1, 0.15) is 6.10 Å². The summed E-state index contributed by atoms with van der Waals surface area (Å²) in [7, 11) is 0. The fraction of sp³-hybridized carbons (Fsp3) is 0.682. The van der Waals surface area contributed by atoms with Crippen molar-refractivity contribution in [1.29, 1.82) is 0 Å². The molecule has 48 heavy (non-hydrogen) atoms. The van der Waals surface area contributed by atoms with Gasteiger partial charge in [-0.05, 0) is 109 Å². The predicted molar refractivity (Wildman–Crippen MR) is 208 cm³/mol. The largest absolute Gasteiger partial charge is 0.481 e. The molecule has 274 valence electrons. The van der Waals surface area contributed by atoms with E-state index >= 15 is 0 Å². The number of carbonyl (C=O) groups is 2. The van der Waals surface area contributed by atoms with Crippen molar-refractivity contribution in [2.45, 2.75) is 193 Å². The minimum atomic E-state index is -0.712. The van der Waals surface area contributed by atoms with Crippen LogP contribution < -0.4 is 0 Å². The van der Waals surface area contributed by atoms with Crippen molar-refractivity contribution in [2.75, 3.05) is 0 Å². The van der Waals surface area contributed by atoms with Crippen LogP contribution in [0, 0.1) is 0 Å². The molecule has 0 aromatic carbocycles. The highest BCUT2D eigenvalue weighted by atomic mass is 16.5. The molecule has 0 aliphatic heterocycles. The molecule has 0 aliphatic carbocycles. The van der Waals surface area contributed by atoms with Gasteiger partial charge in [0, 0.05) is 12.8 Å². The van der Waals surface area contributed by atoms with E-state index in [1.807, 2.05) is 0 Å². The molecule has 1 atom stereocenters. The van der Waals surface area contributed by atoms with Gasteiger partial charge in [0.15, 0.2) is 0 Å². The first-order chi connectivity index (χ1) is 23.6. The van der Waals surface area contributed by atoms with Gasteiger partial charge >= 0.3 is 11.9 Å². The van der Waals surface area contributed by atoms with Gasteiger partial charge in [0.2, 0.25) is 0 Å². The maximum Gasteiger partial charge on any atom is 0.306 e. The summed E-state index contributed by atoms with van der Waals surface area (Å²) in [6.07, 6.45) is 54.8. The topological polar surface area (TPSA) is 63.6 Å². The van der Waals surface area contributed by atoms with Gasteiger partial charge in [0.25, 0.3) is 0 Å². The van der Waals surface area contributed by atoms with E-state index in [1.54, 1.807) is 0 Å². The third-order valence-electron chi connectivity index (χ3n) is 8.41. The quantitative estimate of drug-likeness (QED) is 0.0415. The number of unbranched alkanes of at least 4 members (excludes halogenated alkanes) is 14. The Kier molecular flexibility index (Phi) is 36.7. The lowest BCUT2D eigenvalue weighted by Crippen LogP contribution is -2.18. The van der Waals surface area contributed by atoms with E-state index in [4.69, 9.17) is 9.84 Å². The number of carboxylic acid groups (broad SMARTS) is 1. The van der Waals surface area contributed by atoms with Gasteiger partial charge in [0.05, 0.1) is 0 Å². The van der Waals surface area contributed by atoms with E-state index in [9.17, 15) is 9.59 Å². The number of hydrogen-bond donors (Lipinski definition) is 1. The highest BCUT2D eigenvalue weighted by Crippen LogP contribution is 2.18. The third-order valence-corrected chi connectivity index (χ3v) is 8.41. The zero-order valence-electron chi connectivity index (χ0n) is 31.3. The molecule has 0 bridgehead atoms. The third kappa shape index (κ3) is 37.8. The molecule has 1 N–H and O–H groups in total. The van der Waals surface area contributed by atoms with Gasteiger partial charge in [-0.25, -0.2) is 0 Å². The second kappa shape index (κ2) is 38.8. The number of aliphatic carboxylic acids is 1. The summed E-state index contributed by atoms with van der Waals surface area (Å²) in [5.41, 5.74) is 0. The minimum Gasteiger partial charge on any atom is -0.481 e. The van der Waals surface area contributed by atoms with Crippen LogP contribution in [-0.2, 0) is 14.3 Å². The van der Waals surface area contributed by atoms with Crippen LogP contribution in [0.25, 0.3) is 0 Å². The lowest BCUT2D eigenvalue weighted by molar-refractivity contribution is -0.150. The monoisotopic (exact) mass is 667 g/mol. The molecule has 0 aromatic heterocycles. The summed E-state index contributed by atoms with van der Waals surface area (Å²) in [6.45, 7) is 4.40. The molecule has 0 saturated heterocycles. The Balaban J connectivity index is 4.20. The first-order valence-electron chi connectivity index (χ1n) is 19.9. The molecule has 0 aromatic rings. The molecule has 0 amide bonds. The van der Waals surface area contributed by atoms with Crippen LogP contribution in [0.1, 0.15) is 187 Å². The highest BCUT2D eigenvalue weighted by molar-refractivity contribution is 5.69. The Labute approximate surface area is 297 Å². The Bertz CT molecular complexity index is 892. The van der Waals surface area contributed by atoms with Crippen molar-refractivity contribution in [3.8, 4) is 0 Å². The van der Waals surface area contributed by atoms with Crippen LogP contribution in [0.5, 0.6) is 0 Å². The van der Waals surface area contributed by atoms with Gasteiger partial charge in [-0.1, -0.05) is 138 Å². The van der Waals surface area contributed by atoms with Crippen molar-refractivity contribution < 1.29 is 19.4 Å². The van der Waals surface area contributed by atoms with Crippen molar-refractivity contribution in [1.82, 2.24) is 0 Å². The summed E-state index contributed by atoms with van der Waals surface area (Å²) >= 11 is 0. The first-order valence-corrected chi connectivity index (χ1v) is 19.9. The second-order valence-electron chi connectivity index (χ2n) is 13.1. The molecule has 0 rings (SSSR count). The molecular weight excluding hydrogens is 592 g/mol. The van der Waals surface area contributed by atoms with Crippen molar-refractivity contribution in [2.24, 2.45) is 0 Å². The normalized spacial score (nSPS) is 13.0. The Morgan fingerprint density at radius 1 is 0.479 bits per heavy atom. The molecule has 4 nitrogen and oxygen atoms in total. The van der Waals surface area contributed by atoms with E-state index in [0.717, 1.165) is 116 Å². The molecule has 0 aliphatic rings. The molecule has 0 spiro atoms. The number of carboxylic acids is 1. The number of esters is 1. The van der Waals surface area contributed by atoms with E-state index in [-0.39, 0.29) is 18.5 Å². The summed E-state index contributed by atoms with van der Waals surface area (Å²) in [4.78, 5) is 23.4. The summed E-state index contributed by atoms with van der Waals surface area (Å²) in [6, 6.07) is 0. The Morgan fingerprint density at radius 3 is 1.40 bits per heavy atom. The highest BCUT2D eigenvalue weighted by Gasteiger charge is 2.14. The maximum atomic E-state index is 12.7. The fourth-order valence-electron chi connectivity index (χ4n) is 5.50. The number of hydrogen-bond acceptors (Lipinski definition) is 3. The molecule has 0 fully saturated rings. The molecule has 4 heteroatoms. The Morgan fingerprint density at radius 2 is 0.875 bits per heavy atom. The minimum absolute atomic E-state index is 0.00641. The predicted octanol–water partition coefficient (Wildman–Crippen LogP) is 13.9.